The molecule has 4 rings (SSSR count). The van der Waals surface area contributed by atoms with Crippen molar-refractivity contribution >= 4 is 65.4 Å². The molecule has 0 heterocycles. The maximum absolute atomic E-state index is 15.0. The number of carboxylic acid groups (broad SMARTS) is 1. The lowest BCUT2D eigenvalue weighted by Crippen LogP contribution is -2.62. The van der Waals surface area contributed by atoms with Gasteiger partial charge in [0, 0.05) is 18.8 Å². The average molecular weight is 1370 g/mol. The first-order valence-electron chi connectivity index (χ1n) is 33.2. The van der Waals surface area contributed by atoms with Crippen molar-refractivity contribution in [3.8, 4) is 16.9 Å². The van der Waals surface area contributed by atoms with Crippen molar-refractivity contribution in [3.05, 3.63) is 89.5 Å². The number of carbonyl (C=O) groups is 11. The summed E-state index contributed by atoms with van der Waals surface area (Å²) in [5.41, 5.74) is 0.105. The van der Waals surface area contributed by atoms with Crippen molar-refractivity contribution in [1.29, 1.82) is 0 Å². The number of alkyl carbamates (subject to hydrolysis) is 1. The van der Waals surface area contributed by atoms with E-state index in [0.717, 1.165) is 22.3 Å². The Morgan fingerprint density at radius 2 is 0.918 bits per heavy atom. The standard InChI is InChI=1S/C72H106N8O18/c1-41(2)34-51(61(86)74-50(60(85)73-37-56(81)82)32-33-57(83)97-71(14,15)16)75-62(87)52(35-43-28-30-44(31-29-43)96-70(11,12)13)76-64(89)54(39-94-68(5,6)7)77-65(90)55(40-95-69(8,9)10)78-66(91)59(42(3)4)80-63(88)53(36-58(84)98-72(17,18)19)79-67(92)93-38-49-47-26-22-20-24-45(47)46-25-21-23-27-48(46)49/h20-31,41-42,49-55,59H,32-40H2,1-19H3,(H,73,85)(H,74,86)(H,75,87)(H,76,89)(H,77,90)(H,78,91)(H,79,92)(H,80,88)(H,81,82)/t50-,51-,52-,53-,54-,55-,59-/m0/s1. The normalized spacial score (nSPS) is 14.7. The van der Waals surface area contributed by atoms with Crippen LogP contribution in [-0.2, 0) is 78.1 Å². The molecule has 1 aliphatic rings. The molecule has 98 heavy (non-hydrogen) atoms. The van der Waals surface area contributed by atoms with Gasteiger partial charge in [0.2, 0.25) is 41.4 Å². The van der Waals surface area contributed by atoms with Crippen molar-refractivity contribution in [2.24, 2.45) is 11.8 Å². The summed E-state index contributed by atoms with van der Waals surface area (Å²) in [5.74, 6) is -10.2. The fourth-order valence-corrected chi connectivity index (χ4v) is 10.1. The zero-order valence-electron chi connectivity index (χ0n) is 60.5. The Morgan fingerprint density at radius 3 is 1.40 bits per heavy atom. The Labute approximate surface area is 576 Å². The van der Waals surface area contributed by atoms with Crippen molar-refractivity contribution in [1.82, 2.24) is 42.5 Å². The van der Waals surface area contributed by atoms with Crippen LogP contribution in [0.4, 0.5) is 4.79 Å². The van der Waals surface area contributed by atoms with E-state index < -0.39 is 168 Å². The van der Waals surface area contributed by atoms with E-state index in [-0.39, 0.29) is 44.1 Å². The van der Waals surface area contributed by atoms with Gasteiger partial charge in [0.05, 0.1) is 30.8 Å². The number of hydrogen-bond acceptors (Lipinski definition) is 17. The molecule has 9 N–H and O–H groups in total. The van der Waals surface area contributed by atoms with E-state index in [4.69, 9.17) is 28.4 Å². The number of carbonyl (C=O) groups excluding carboxylic acids is 10. The molecule has 542 valence electrons. The second kappa shape index (κ2) is 35.7. The van der Waals surface area contributed by atoms with Crippen LogP contribution < -0.4 is 47.3 Å². The summed E-state index contributed by atoms with van der Waals surface area (Å²) in [6, 6.07) is 11.5. The molecule has 0 bridgehead atoms. The van der Waals surface area contributed by atoms with E-state index in [0.29, 0.717) is 11.3 Å². The highest BCUT2D eigenvalue weighted by molar-refractivity contribution is 5.98. The van der Waals surface area contributed by atoms with Gasteiger partial charge in [-0.2, -0.15) is 0 Å². The number of hydrogen-bond donors (Lipinski definition) is 9. The van der Waals surface area contributed by atoms with Crippen molar-refractivity contribution in [3.63, 3.8) is 0 Å². The van der Waals surface area contributed by atoms with E-state index >= 15 is 0 Å². The summed E-state index contributed by atoms with van der Waals surface area (Å²) in [5, 5.41) is 30.1. The minimum absolute atomic E-state index is 0.0132. The molecule has 0 spiro atoms. The smallest absolute Gasteiger partial charge is 0.407 e. The summed E-state index contributed by atoms with van der Waals surface area (Å²) in [6.07, 6.45) is -2.58. The highest BCUT2D eigenvalue weighted by Crippen LogP contribution is 2.44. The van der Waals surface area contributed by atoms with Crippen LogP contribution in [0.15, 0.2) is 72.8 Å². The largest absolute Gasteiger partial charge is 0.488 e. The van der Waals surface area contributed by atoms with E-state index in [1.165, 1.54) is 0 Å². The molecular formula is C72H106N8O18. The van der Waals surface area contributed by atoms with Gasteiger partial charge < -0.3 is 76.1 Å². The predicted octanol–water partition coefficient (Wildman–Crippen LogP) is 6.61. The van der Waals surface area contributed by atoms with Crippen LogP contribution in [0, 0.1) is 11.8 Å². The maximum Gasteiger partial charge on any atom is 0.407 e. The molecule has 0 unspecified atom stereocenters. The molecule has 0 aromatic heterocycles. The van der Waals surface area contributed by atoms with Crippen LogP contribution in [-0.4, -0.2) is 167 Å². The van der Waals surface area contributed by atoms with Crippen molar-refractivity contribution in [2.75, 3.05) is 26.4 Å². The Hall–Kier alpha value is -8.65. The third-order valence-electron chi connectivity index (χ3n) is 14.5. The lowest BCUT2D eigenvalue weighted by Gasteiger charge is -2.31. The quantitative estimate of drug-likeness (QED) is 0.0229. The number of esters is 2. The molecule has 8 amide bonds. The first-order chi connectivity index (χ1) is 45.3. The Morgan fingerprint density at radius 1 is 0.469 bits per heavy atom. The lowest BCUT2D eigenvalue weighted by molar-refractivity contribution is -0.157. The fourth-order valence-electron chi connectivity index (χ4n) is 10.1. The van der Waals surface area contributed by atoms with E-state index in [9.17, 15) is 57.8 Å². The predicted molar refractivity (Wildman–Crippen MR) is 366 cm³/mol. The fraction of sp³-hybridized carbons (Fsp3) is 0.597. The number of nitrogens with one attached hydrogen (secondary N) is 8. The molecule has 3 aromatic carbocycles. The van der Waals surface area contributed by atoms with Crippen LogP contribution in [0.25, 0.3) is 11.1 Å². The average Bonchev–Trinajstić information content (AvgIpc) is 1.61. The zero-order valence-corrected chi connectivity index (χ0v) is 60.5. The molecule has 0 aliphatic heterocycles. The van der Waals surface area contributed by atoms with Gasteiger partial charge in [-0.05, 0) is 168 Å². The Balaban J connectivity index is 1.68. The highest BCUT2D eigenvalue weighted by Gasteiger charge is 2.39. The Bertz CT molecular complexity index is 3220. The first-order valence-corrected chi connectivity index (χ1v) is 33.2. The monoisotopic (exact) mass is 1370 g/mol. The molecular weight excluding hydrogens is 1260 g/mol. The van der Waals surface area contributed by atoms with Gasteiger partial charge >= 0.3 is 24.0 Å². The van der Waals surface area contributed by atoms with Gasteiger partial charge in [-0.1, -0.05) is 88.4 Å². The van der Waals surface area contributed by atoms with Crippen molar-refractivity contribution < 1.29 is 86.3 Å². The molecule has 0 radical (unpaired) electrons. The highest BCUT2D eigenvalue weighted by atomic mass is 16.6. The number of ether oxygens (including phenoxy) is 6. The molecule has 1 aliphatic carbocycles. The number of aliphatic carboxylic acids is 1. The van der Waals surface area contributed by atoms with Gasteiger partial charge in [0.1, 0.15) is 78.0 Å². The second-order valence-electron chi connectivity index (χ2n) is 30.1. The third kappa shape index (κ3) is 29.2. The molecule has 26 heteroatoms. The van der Waals surface area contributed by atoms with E-state index in [1.807, 2.05) is 69.3 Å². The van der Waals surface area contributed by atoms with Gasteiger partial charge in [-0.25, -0.2) is 4.79 Å². The summed E-state index contributed by atoms with van der Waals surface area (Å²) in [4.78, 5) is 153. The minimum Gasteiger partial charge on any atom is -0.488 e. The third-order valence-corrected chi connectivity index (χ3v) is 14.5. The van der Waals surface area contributed by atoms with Gasteiger partial charge in [0.25, 0.3) is 0 Å². The summed E-state index contributed by atoms with van der Waals surface area (Å²) in [6.45, 7) is 30.6. The second-order valence-corrected chi connectivity index (χ2v) is 30.1. The lowest BCUT2D eigenvalue weighted by atomic mass is 9.98. The van der Waals surface area contributed by atoms with Crippen LogP contribution >= 0.6 is 0 Å². The number of benzene rings is 3. The van der Waals surface area contributed by atoms with Gasteiger partial charge in [-0.3, -0.25) is 47.9 Å². The van der Waals surface area contributed by atoms with Crippen LogP contribution in [0.2, 0.25) is 0 Å². The Kier molecular flexibility index (Phi) is 29.8. The topological polar surface area (TPSA) is 360 Å². The van der Waals surface area contributed by atoms with E-state index in [1.54, 1.807) is 135 Å². The molecule has 3 aromatic rings. The first kappa shape index (κ1) is 81.8. The summed E-state index contributed by atoms with van der Waals surface area (Å²) in [7, 11) is 0. The van der Waals surface area contributed by atoms with Gasteiger partial charge in [0.15, 0.2) is 0 Å². The minimum atomic E-state index is -1.63. The maximum atomic E-state index is 15.0. The van der Waals surface area contributed by atoms with Gasteiger partial charge in [-0.15, -0.1) is 0 Å². The molecule has 26 nitrogen and oxygen atoms in total. The number of fused-ring (bicyclic) bond motifs is 3. The van der Waals surface area contributed by atoms with E-state index in [2.05, 4.69) is 42.5 Å². The summed E-state index contributed by atoms with van der Waals surface area (Å²) >= 11 is 0. The summed E-state index contributed by atoms with van der Waals surface area (Å²) < 4.78 is 34.9. The van der Waals surface area contributed by atoms with Crippen molar-refractivity contribution in [2.45, 2.75) is 240 Å². The molecule has 7 atom stereocenters. The zero-order chi connectivity index (χ0) is 73.8. The molecule has 0 fully saturated rings. The number of rotatable bonds is 33. The molecule has 0 saturated carbocycles. The number of amides is 8. The van der Waals surface area contributed by atoms with Crippen LogP contribution in [0.1, 0.15) is 180 Å². The molecule has 0 saturated heterocycles. The SMILES string of the molecule is CC(C)C[C@H](NC(=O)[C@H](Cc1ccc(OC(C)(C)C)cc1)NC(=O)[C@H](COC(C)(C)C)NC(=O)[C@H](COC(C)(C)C)NC(=O)[C@@H](NC(=O)[C@H](CC(=O)OC(C)(C)C)NC(=O)OCC1c2ccccc2-c2ccccc21)C(C)C)C(=O)N[C@@H](CCC(=O)OC(C)(C)C)C(=O)NCC(=O)O. The van der Waals surface area contributed by atoms with Crippen LogP contribution in [0.5, 0.6) is 5.75 Å². The number of carboxylic acids is 1. The van der Waals surface area contributed by atoms with Crippen LogP contribution in [0.3, 0.4) is 0 Å².